The van der Waals surface area contributed by atoms with Crippen LogP contribution in [0, 0.1) is 6.92 Å². The summed E-state index contributed by atoms with van der Waals surface area (Å²) < 4.78 is 0. The molecule has 4 rings (SSSR count). The molecule has 0 atom stereocenters. The minimum atomic E-state index is -0.467. The van der Waals surface area contributed by atoms with E-state index in [2.05, 4.69) is 91.9 Å². The van der Waals surface area contributed by atoms with E-state index in [4.69, 9.17) is 5.73 Å². The number of hydrogen-bond acceptors (Lipinski definition) is 1. The van der Waals surface area contributed by atoms with Crippen LogP contribution in [0.5, 0.6) is 0 Å². The standard InChI is InChI=1S/C19H17P.C6H7N/c1-16-10-8-9-15-19(16)20(17-11-4-2-5-12-17)18-13-6-3-7-14-18;7-6-4-2-1-3-5-6/h2-15H,1H3;1-5H,7H2. The molecule has 2 N–H and O–H groups in total. The highest BCUT2D eigenvalue weighted by Crippen LogP contribution is 2.33. The molecule has 2 heteroatoms. The molecule has 27 heavy (non-hydrogen) atoms. The molecule has 0 aromatic heterocycles. The van der Waals surface area contributed by atoms with Crippen LogP contribution >= 0.6 is 7.92 Å². The van der Waals surface area contributed by atoms with Gasteiger partial charge in [-0.15, -0.1) is 0 Å². The van der Waals surface area contributed by atoms with Gasteiger partial charge in [0.2, 0.25) is 0 Å². The fourth-order valence-electron chi connectivity index (χ4n) is 2.85. The van der Waals surface area contributed by atoms with Crippen LogP contribution < -0.4 is 21.6 Å². The van der Waals surface area contributed by atoms with E-state index >= 15 is 0 Å². The Labute approximate surface area is 163 Å². The Hall–Kier alpha value is -2.89. The highest BCUT2D eigenvalue weighted by molar-refractivity contribution is 7.79. The fraction of sp³-hybridized carbons (Fsp3) is 0.0400. The summed E-state index contributed by atoms with van der Waals surface area (Å²) in [5.41, 5.74) is 7.55. The van der Waals surface area contributed by atoms with Crippen LogP contribution in [0.4, 0.5) is 5.69 Å². The third kappa shape index (κ3) is 5.29. The molecule has 4 aromatic carbocycles. The number of para-hydroxylation sites is 1. The smallest absolute Gasteiger partial charge is 0.0313 e. The van der Waals surface area contributed by atoms with Gasteiger partial charge in [-0.25, -0.2) is 0 Å². The normalized spacial score (nSPS) is 10.1. The Balaban J connectivity index is 0.000000253. The van der Waals surface area contributed by atoms with Crippen LogP contribution in [0.25, 0.3) is 0 Å². The second kappa shape index (κ2) is 9.71. The van der Waals surface area contributed by atoms with Crippen LogP contribution in [0.3, 0.4) is 0 Å². The van der Waals surface area contributed by atoms with Crippen molar-refractivity contribution in [3.05, 3.63) is 121 Å². The molecule has 1 nitrogen and oxygen atoms in total. The van der Waals surface area contributed by atoms with Crippen molar-refractivity contribution >= 4 is 29.5 Å². The summed E-state index contributed by atoms with van der Waals surface area (Å²) in [6.07, 6.45) is 0. The minimum Gasteiger partial charge on any atom is -0.399 e. The van der Waals surface area contributed by atoms with Crippen molar-refractivity contribution in [1.29, 1.82) is 0 Å². The van der Waals surface area contributed by atoms with E-state index in [-0.39, 0.29) is 0 Å². The Morgan fingerprint density at radius 3 is 1.33 bits per heavy atom. The van der Waals surface area contributed by atoms with Gasteiger partial charge in [0.05, 0.1) is 0 Å². The number of anilines is 1. The Bertz CT molecular complexity index is 898. The topological polar surface area (TPSA) is 26.0 Å². The third-order valence-electron chi connectivity index (χ3n) is 4.18. The molecule has 134 valence electrons. The number of nitrogens with two attached hydrogens (primary N) is 1. The molecule has 0 fully saturated rings. The van der Waals surface area contributed by atoms with Gasteiger partial charge in [0, 0.05) is 5.69 Å². The zero-order valence-electron chi connectivity index (χ0n) is 15.5. The van der Waals surface area contributed by atoms with Gasteiger partial charge < -0.3 is 5.73 Å². The quantitative estimate of drug-likeness (QED) is 0.398. The summed E-state index contributed by atoms with van der Waals surface area (Å²) in [5.74, 6) is 0. The lowest BCUT2D eigenvalue weighted by atomic mass is 10.2. The number of benzene rings is 4. The molecule has 0 aliphatic carbocycles. The second-order valence-corrected chi connectivity index (χ2v) is 8.39. The van der Waals surface area contributed by atoms with Gasteiger partial charge in [-0.2, -0.15) is 0 Å². The summed E-state index contributed by atoms with van der Waals surface area (Å²) in [4.78, 5) is 0. The molecule has 0 aliphatic rings. The lowest BCUT2D eigenvalue weighted by Gasteiger charge is -2.21. The number of aryl methyl sites for hydroxylation is 1. The predicted molar refractivity (Wildman–Crippen MR) is 121 cm³/mol. The van der Waals surface area contributed by atoms with Crippen molar-refractivity contribution in [3.63, 3.8) is 0 Å². The van der Waals surface area contributed by atoms with E-state index in [1.807, 2.05) is 30.3 Å². The van der Waals surface area contributed by atoms with Crippen molar-refractivity contribution < 1.29 is 0 Å². The van der Waals surface area contributed by atoms with Crippen LogP contribution in [-0.4, -0.2) is 0 Å². The van der Waals surface area contributed by atoms with Gasteiger partial charge in [0.1, 0.15) is 0 Å². The SMILES string of the molecule is Cc1ccccc1P(c1ccccc1)c1ccccc1.Nc1ccccc1. The van der Waals surface area contributed by atoms with Crippen molar-refractivity contribution in [1.82, 2.24) is 0 Å². The largest absolute Gasteiger partial charge is 0.399 e. The number of rotatable bonds is 3. The second-order valence-electron chi connectivity index (χ2n) is 6.20. The summed E-state index contributed by atoms with van der Waals surface area (Å²) in [5, 5.41) is 4.26. The van der Waals surface area contributed by atoms with Gasteiger partial charge in [0.15, 0.2) is 0 Å². The van der Waals surface area contributed by atoms with Crippen molar-refractivity contribution in [2.45, 2.75) is 6.92 Å². The summed E-state index contributed by atoms with van der Waals surface area (Å²) in [7, 11) is -0.467. The molecule has 0 unspecified atom stereocenters. The van der Waals surface area contributed by atoms with Crippen LogP contribution in [0.2, 0.25) is 0 Å². The van der Waals surface area contributed by atoms with Gasteiger partial charge in [-0.3, -0.25) is 0 Å². The highest BCUT2D eigenvalue weighted by Gasteiger charge is 2.17. The Kier molecular flexibility index (Phi) is 6.79. The molecule has 4 aromatic rings. The molecule has 0 radical (unpaired) electrons. The first-order valence-corrected chi connectivity index (χ1v) is 10.4. The number of nitrogen functional groups attached to an aromatic ring is 1. The van der Waals surface area contributed by atoms with E-state index in [0.29, 0.717) is 0 Å². The lowest BCUT2D eigenvalue weighted by Crippen LogP contribution is -2.22. The average Bonchev–Trinajstić information content (AvgIpc) is 2.72. The van der Waals surface area contributed by atoms with Gasteiger partial charge in [-0.05, 0) is 48.5 Å². The zero-order chi connectivity index (χ0) is 18.9. The van der Waals surface area contributed by atoms with E-state index in [1.54, 1.807) is 0 Å². The fourth-order valence-corrected chi connectivity index (χ4v) is 5.31. The molecule has 0 saturated carbocycles. The molecule has 0 aliphatic heterocycles. The summed E-state index contributed by atoms with van der Waals surface area (Å²) >= 11 is 0. The van der Waals surface area contributed by atoms with Crippen LogP contribution in [0.15, 0.2) is 115 Å². The Morgan fingerprint density at radius 1 is 0.519 bits per heavy atom. The first kappa shape index (κ1) is 18.9. The molecule has 0 saturated heterocycles. The molecular formula is C25H24NP. The van der Waals surface area contributed by atoms with Crippen LogP contribution in [-0.2, 0) is 0 Å². The van der Waals surface area contributed by atoms with E-state index < -0.39 is 7.92 Å². The van der Waals surface area contributed by atoms with Crippen molar-refractivity contribution in [2.24, 2.45) is 0 Å². The molecule has 0 bridgehead atoms. The predicted octanol–water partition coefficient (Wildman–Crippen LogP) is 5.02. The third-order valence-corrected chi connectivity index (χ3v) is 6.80. The maximum Gasteiger partial charge on any atom is 0.0313 e. The molecule has 0 heterocycles. The first-order valence-electron chi connectivity index (χ1n) is 9.02. The lowest BCUT2D eigenvalue weighted by molar-refractivity contribution is 1.52. The molecular weight excluding hydrogens is 345 g/mol. The zero-order valence-corrected chi connectivity index (χ0v) is 16.4. The van der Waals surface area contributed by atoms with Gasteiger partial charge in [-0.1, -0.05) is 103 Å². The number of hydrogen-bond donors (Lipinski definition) is 1. The van der Waals surface area contributed by atoms with Crippen molar-refractivity contribution in [2.75, 3.05) is 5.73 Å². The molecule has 0 amide bonds. The maximum atomic E-state index is 5.36. The van der Waals surface area contributed by atoms with Gasteiger partial charge >= 0.3 is 0 Å². The summed E-state index contributed by atoms with van der Waals surface area (Å²) in [6, 6.07) is 39.9. The summed E-state index contributed by atoms with van der Waals surface area (Å²) in [6.45, 7) is 2.20. The maximum absolute atomic E-state index is 5.36. The Morgan fingerprint density at radius 2 is 0.926 bits per heavy atom. The average molecular weight is 369 g/mol. The van der Waals surface area contributed by atoms with E-state index in [9.17, 15) is 0 Å². The first-order chi connectivity index (χ1) is 13.3. The van der Waals surface area contributed by atoms with E-state index in [1.165, 1.54) is 21.5 Å². The van der Waals surface area contributed by atoms with E-state index in [0.717, 1.165) is 5.69 Å². The van der Waals surface area contributed by atoms with Gasteiger partial charge in [0.25, 0.3) is 0 Å². The van der Waals surface area contributed by atoms with Crippen molar-refractivity contribution in [3.8, 4) is 0 Å². The van der Waals surface area contributed by atoms with Crippen LogP contribution in [0.1, 0.15) is 5.56 Å². The minimum absolute atomic E-state index is 0.467. The highest BCUT2D eigenvalue weighted by atomic mass is 31.1. The monoisotopic (exact) mass is 369 g/mol. The molecule has 0 spiro atoms.